The number of carbonyl (C=O) groups is 1. The van der Waals surface area contributed by atoms with Crippen LogP contribution in [0.2, 0.25) is 0 Å². The molecule has 1 fully saturated rings. The minimum atomic E-state index is -0.749. The Bertz CT molecular complexity index is 547. The molecular weight excluding hydrogens is 379 g/mol. The lowest BCUT2D eigenvalue weighted by Crippen LogP contribution is -2.41. The van der Waals surface area contributed by atoms with Gasteiger partial charge in [0, 0.05) is 16.2 Å². The van der Waals surface area contributed by atoms with Crippen LogP contribution in [-0.4, -0.2) is 57.9 Å². The summed E-state index contributed by atoms with van der Waals surface area (Å²) in [7, 11) is 0. The number of hydrogen-bond donors (Lipinski definition) is 3. The van der Waals surface area contributed by atoms with Crippen molar-refractivity contribution in [3.63, 3.8) is 0 Å². The molecule has 1 unspecified atom stereocenters. The van der Waals surface area contributed by atoms with Crippen LogP contribution in [0, 0.1) is 5.92 Å². The summed E-state index contributed by atoms with van der Waals surface area (Å²) in [5.41, 5.74) is 5.53. The monoisotopic (exact) mass is 392 g/mol. The molecule has 0 radical (unpaired) electrons. The molecule has 9 heteroatoms. The summed E-state index contributed by atoms with van der Waals surface area (Å²) in [6.07, 6.45) is 0.210. The second kappa shape index (κ2) is 5.06. The van der Waals surface area contributed by atoms with Crippen LogP contribution in [0.5, 0.6) is 0 Å². The lowest BCUT2D eigenvalue weighted by molar-refractivity contribution is -0.118. The van der Waals surface area contributed by atoms with Gasteiger partial charge in [-0.15, -0.1) is 0 Å². The van der Waals surface area contributed by atoms with E-state index in [0.29, 0.717) is 12.3 Å². The van der Waals surface area contributed by atoms with Gasteiger partial charge in [0.1, 0.15) is 24.1 Å². The number of guanidine groups is 1. The number of ether oxygens (including phenoxy) is 1. The molecule has 1 saturated heterocycles. The summed E-state index contributed by atoms with van der Waals surface area (Å²) in [6.45, 7) is -0.259. The highest BCUT2D eigenvalue weighted by molar-refractivity contribution is 14.1. The Labute approximate surface area is 128 Å². The van der Waals surface area contributed by atoms with Crippen LogP contribution in [-0.2, 0) is 9.53 Å². The Hall–Kier alpha value is -1.04. The predicted molar refractivity (Wildman–Crippen MR) is 77.9 cm³/mol. The lowest BCUT2D eigenvalue weighted by atomic mass is 10.1. The highest BCUT2D eigenvalue weighted by Crippen LogP contribution is 2.36. The van der Waals surface area contributed by atoms with Crippen molar-refractivity contribution >= 4 is 40.3 Å². The normalized spacial score (nSPS) is 36.6. The van der Waals surface area contributed by atoms with Gasteiger partial charge >= 0.3 is 0 Å². The molecule has 0 spiro atoms. The number of amidine groups is 1. The molecule has 0 aliphatic carbocycles. The summed E-state index contributed by atoms with van der Waals surface area (Å²) >= 11 is 2.05. The maximum atomic E-state index is 11.9. The Balaban J connectivity index is 1.88. The van der Waals surface area contributed by atoms with Crippen molar-refractivity contribution < 1.29 is 19.7 Å². The molecule has 3 rings (SSSR count). The summed E-state index contributed by atoms with van der Waals surface area (Å²) in [4.78, 5) is 21.3. The first-order valence-corrected chi connectivity index (χ1v) is 7.15. The molecule has 0 aromatic rings. The average molecular weight is 392 g/mol. The fraction of sp³-hybridized carbons (Fsp3) is 0.545. The van der Waals surface area contributed by atoms with E-state index in [-0.39, 0.29) is 18.5 Å². The van der Waals surface area contributed by atoms with E-state index in [0.717, 1.165) is 3.58 Å². The Morgan fingerprint density at radius 2 is 2.30 bits per heavy atom. The van der Waals surface area contributed by atoms with Crippen LogP contribution in [0.15, 0.2) is 19.8 Å². The second-order valence-corrected chi connectivity index (χ2v) is 5.99. The fourth-order valence-corrected chi connectivity index (χ4v) is 3.34. The Morgan fingerprint density at radius 3 is 2.95 bits per heavy atom. The molecule has 4 N–H and O–H groups in total. The predicted octanol–water partition coefficient (Wildman–Crippen LogP) is -1.08. The summed E-state index contributed by atoms with van der Waals surface area (Å²) in [5.74, 6) is -0.518. The van der Waals surface area contributed by atoms with Crippen LogP contribution < -0.4 is 5.73 Å². The molecule has 8 nitrogen and oxygen atoms in total. The summed E-state index contributed by atoms with van der Waals surface area (Å²) < 4.78 is 6.35. The number of fused-ring (bicyclic) bond motifs is 1. The minimum Gasteiger partial charge on any atom is -0.394 e. The second-order valence-electron chi connectivity index (χ2n) is 4.75. The lowest BCUT2D eigenvalue weighted by Gasteiger charge is -2.26. The molecule has 3 aliphatic heterocycles. The minimum absolute atomic E-state index is 0.0806. The number of rotatable bonds is 2. The third-order valence-corrected chi connectivity index (χ3v) is 4.36. The van der Waals surface area contributed by atoms with Crippen molar-refractivity contribution in [1.29, 1.82) is 0 Å². The van der Waals surface area contributed by atoms with Gasteiger partial charge in [0.25, 0.3) is 5.91 Å². The molecule has 0 bridgehead atoms. The van der Waals surface area contributed by atoms with E-state index in [9.17, 15) is 9.90 Å². The topological polar surface area (TPSA) is 121 Å². The van der Waals surface area contributed by atoms with E-state index in [1.165, 1.54) is 0 Å². The first-order valence-electron chi connectivity index (χ1n) is 6.07. The maximum Gasteiger partial charge on any atom is 0.264 e. The largest absolute Gasteiger partial charge is 0.394 e. The van der Waals surface area contributed by atoms with Gasteiger partial charge in [-0.3, -0.25) is 4.79 Å². The standard InChI is InChI=1S/C11H13IN4O4/c12-4-2-16(7-1-5(18)6(3-17)20-7)9-8(4)10(19)15-11(13)14-9/h2,5-8,17-18H,1,3H2,(H2,13,15,19)/t5-,6+,7+,8?/m0/s1. The van der Waals surface area contributed by atoms with E-state index in [2.05, 4.69) is 32.6 Å². The number of aliphatic imine (C=N–C) groups is 2. The zero-order chi connectivity index (χ0) is 14.4. The van der Waals surface area contributed by atoms with Gasteiger partial charge < -0.3 is 25.6 Å². The average Bonchev–Trinajstić information content (AvgIpc) is 2.90. The van der Waals surface area contributed by atoms with Crippen molar-refractivity contribution in [2.24, 2.45) is 21.6 Å². The molecule has 20 heavy (non-hydrogen) atoms. The van der Waals surface area contributed by atoms with Crippen molar-refractivity contribution in [2.75, 3.05) is 6.61 Å². The van der Waals surface area contributed by atoms with E-state index < -0.39 is 24.4 Å². The van der Waals surface area contributed by atoms with Crippen molar-refractivity contribution in [2.45, 2.75) is 24.9 Å². The highest BCUT2D eigenvalue weighted by atomic mass is 127. The Morgan fingerprint density at radius 1 is 1.55 bits per heavy atom. The Kier molecular flexibility index (Phi) is 3.52. The van der Waals surface area contributed by atoms with E-state index >= 15 is 0 Å². The van der Waals surface area contributed by atoms with Crippen molar-refractivity contribution in [3.8, 4) is 0 Å². The third kappa shape index (κ3) is 2.14. The van der Waals surface area contributed by atoms with E-state index in [1.807, 2.05) is 0 Å². The van der Waals surface area contributed by atoms with Crippen LogP contribution in [0.1, 0.15) is 6.42 Å². The maximum absolute atomic E-state index is 11.9. The highest BCUT2D eigenvalue weighted by Gasteiger charge is 2.45. The number of amides is 1. The summed E-state index contributed by atoms with van der Waals surface area (Å²) in [6, 6.07) is 0. The zero-order valence-corrected chi connectivity index (χ0v) is 12.5. The molecule has 3 heterocycles. The van der Waals surface area contributed by atoms with Crippen molar-refractivity contribution in [3.05, 3.63) is 9.78 Å². The smallest absolute Gasteiger partial charge is 0.264 e. The molecule has 0 saturated carbocycles. The SMILES string of the molecule is NC1=NC(=O)C2C(I)=CN([C@H]3C[C@H](O)[C@@H](CO)O3)C2=N1. The number of carbonyl (C=O) groups excluding carboxylic acids is 1. The molecule has 3 aliphatic rings. The fourth-order valence-electron chi connectivity index (χ4n) is 2.50. The quantitative estimate of drug-likeness (QED) is 0.514. The summed E-state index contributed by atoms with van der Waals surface area (Å²) in [5, 5.41) is 18.9. The number of aliphatic hydroxyl groups is 2. The van der Waals surface area contributed by atoms with E-state index in [1.54, 1.807) is 11.1 Å². The molecule has 0 aromatic heterocycles. The molecule has 108 valence electrons. The van der Waals surface area contributed by atoms with Gasteiger partial charge in [0.05, 0.1) is 12.7 Å². The number of hydrogen-bond acceptors (Lipinski definition) is 7. The number of nitrogens with two attached hydrogens (primary N) is 1. The number of nitrogens with zero attached hydrogens (tertiary/aromatic N) is 3. The van der Waals surface area contributed by atoms with Gasteiger partial charge in [-0.2, -0.15) is 9.98 Å². The van der Waals surface area contributed by atoms with Gasteiger partial charge in [-0.1, -0.05) is 0 Å². The zero-order valence-electron chi connectivity index (χ0n) is 10.3. The molecule has 4 atom stereocenters. The van der Waals surface area contributed by atoms with Gasteiger partial charge in [-0.25, -0.2) is 0 Å². The first kappa shape index (κ1) is 13.9. The van der Waals surface area contributed by atoms with E-state index in [4.69, 9.17) is 15.6 Å². The van der Waals surface area contributed by atoms with Crippen molar-refractivity contribution in [1.82, 2.24) is 4.90 Å². The molecule has 1 amide bonds. The first-order chi connectivity index (χ1) is 9.51. The number of aliphatic hydroxyl groups excluding tert-OH is 2. The van der Waals surface area contributed by atoms with Crippen LogP contribution in [0.25, 0.3) is 0 Å². The molecule has 0 aromatic carbocycles. The van der Waals surface area contributed by atoms with Gasteiger partial charge in [0.2, 0.25) is 5.96 Å². The molecular formula is C11H13IN4O4. The van der Waals surface area contributed by atoms with Crippen LogP contribution in [0.3, 0.4) is 0 Å². The number of halogens is 1. The van der Waals surface area contributed by atoms with Gasteiger partial charge in [0.15, 0.2) is 0 Å². The van der Waals surface area contributed by atoms with Gasteiger partial charge in [-0.05, 0) is 22.6 Å². The van der Waals surface area contributed by atoms with Crippen LogP contribution >= 0.6 is 22.6 Å². The third-order valence-electron chi connectivity index (χ3n) is 3.46. The van der Waals surface area contributed by atoms with Crippen LogP contribution in [0.4, 0.5) is 0 Å².